The van der Waals surface area contributed by atoms with Crippen LogP contribution in [0.3, 0.4) is 0 Å². The molecule has 0 aliphatic rings. The first-order chi connectivity index (χ1) is 16.5. The lowest BCUT2D eigenvalue weighted by molar-refractivity contribution is 0.0505. The number of nitrogens with zero attached hydrogens (tertiary/aromatic N) is 1. The number of rotatable bonds is 9. The van der Waals surface area contributed by atoms with Gasteiger partial charge in [-0.2, -0.15) is 0 Å². The van der Waals surface area contributed by atoms with Gasteiger partial charge in [-0.25, -0.2) is 4.79 Å². The molecular formula is C29H30N2O3. The Hall–Kier alpha value is -3.70. The van der Waals surface area contributed by atoms with Crippen molar-refractivity contribution in [2.75, 3.05) is 6.61 Å². The fourth-order valence-corrected chi connectivity index (χ4v) is 4.12. The molecule has 0 unspecified atom stereocenters. The standard InChI is InChI=1S/C29H30N2O3/c1-3-16-34-29(33)24-14-15-27-25(17-24)28(32)26(21(2)30-27)20-31(18-22-10-6-4-7-11-22)19-23-12-8-5-9-13-23/h4-15,17H,3,16,18-20H2,1-2H3,(H,30,32). The Morgan fingerprint density at radius 2 is 1.50 bits per heavy atom. The molecule has 0 saturated carbocycles. The summed E-state index contributed by atoms with van der Waals surface area (Å²) in [5.74, 6) is -0.403. The molecule has 5 heteroatoms. The lowest BCUT2D eigenvalue weighted by atomic mass is 10.0. The van der Waals surface area contributed by atoms with E-state index in [0.717, 1.165) is 30.7 Å². The fourth-order valence-electron chi connectivity index (χ4n) is 4.12. The largest absolute Gasteiger partial charge is 0.462 e. The highest BCUT2D eigenvalue weighted by Crippen LogP contribution is 2.18. The zero-order valence-corrected chi connectivity index (χ0v) is 19.7. The average molecular weight is 455 g/mol. The van der Waals surface area contributed by atoms with Crippen LogP contribution in [0.15, 0.2) is 83.7 Å². The SMILES string of the molecule is CCCOC(=O)c1ccc2[nH]c(C)c(CN(Cc3ccccc3)Cc3ccccc3)c(=O)c2c1. The Morgan fingerprint density at radius 1 is 0.882 bits per heavy atom. The van der Waals surface area contributed by atoms with Gasteiger partial charge in [-0.15, -0.1) is 0 Å². The molecule has 1 N–H and O–H groups in total. The highest BCUT2D eigenvalue weighted by Gasteiger charge is 2.17. The van der Waals surface area contributed by atoms with E-state index in [9.17, 15) is 9.59 Å². The second-order valence-electron chi connectivity index (χ2n) is 8.57. The molecule has 5 nitrogen and oxygen atoms in total. The van der Waals surface area contributed by atoms with E-state index in [0.29, 0.717) is 29.7 Å². The molecule has 0 bridgehead atoms. The number of ether oxygens (including phenoxy) is 1. The number of hydrogen-bond acceptors (Lipinski definition) is 4. The van der Waals surface area contributed by atoms with Crippen LogP contribution in [0.5, 0.6) is 0 Å². The van der Waals surface area contributed by atoms with Gasteiger partial charge in [0.2, 0.25) is 0 Å². The zero-order valence-electron chi connectivity index (χ0n) is 19.7. The van der Waals surface area contributed by atoms with Crippen molar-refractivity contribution in [1.29, 1.82) is 0 Å². The number of aromatic nitrogens is 1. The van der Waals surface area contributed by atoms with Crippen LogP contribution in [0.1, 0.15) is 46.1 Å². The summed E-state index contributed by atoms with van der Waals surface area (Å²) in [5.41, 5.74) is 4.98. The summed E-state index contributed by atoms with van der Waals surface area (Å²) in [7, 11) is 0. The molecule has 34 heavy (non-hydrogen) atoms. The van der Waals surface area contributed by atoms with E-state index in [2.05, 4.69) is 34.1 Å². The number of fused-ring (bicyclic) bond motifs is 1. The van der Waals surface area contributed by atoms with E-state index < -0.39 is 5.97 Å². The first-order valence-corrected chi connectivity index (χ1v) is 11.7. The van der Waals surface area contributed by atoms with Crippen molar-refractivity contribution in [3.63, 3.8) is 0 Å². The normalized spacial score (nSPS) is 11.1. The molecule has 1 aromatic heterocycles. The molecule has 0 spiro atoms. The molecule has 0 atom stereocenters. The minimum Gasteiger partial charge on any atom is -0.462 e. The number of aryl methyl sites for hydroxylation is 1. The molecule has 174 valence electrons. The van der Waals surface area contributed by atoms with Gasteiger partial charge in [-0.05, 0) is 42.7 Å². The van der Waals surface area contributed by atoms with Crippen LogP contribution in [-0.2, 0) is 24.4 Å². The van der Waals surface area contributed by atoms with E-state index in [1.165, 1.54) is 11.1 Å². The lowest BCUT2D eigenvalue weighted by Crippen LogP contribution is -2.27. The average Bonchev–Trinajstić information content (AvgIpc) is 2.86. The quantitative estimate of drug-likeness (QED) is 0.334. The summed E-state index contributed by atoms with van der Waals surface area (Å²) in [6.07, 6.45) is 0.752. The highest BCUT2D eigenvalue weighted by molar-refractivity contribution is 5.94. The summed E-state index contributed by atoms with van der Waals surface area (Å²) in [6, 6.07) is 25.7. The Bertz CT molecular complexity index is 1270. The van der Waals surface area contributed by atoms with Crippen LogP contribution in [-0.4, -0.2) is 22.5 Å². The van der Waals surface area contributed by atoms with E-state index in [1.807, 2.05) is 50.2 Å². The predicted octanol–water partition coefficient (Wildman–Crippen LogP) is 5.61. The summed E-state index contributed by atoms with van der Waals surface area (Å²) in [4.78, 5) is 31.6. The van der Waals surface area contributed by atoms with Gasteiger partial charge in [-0.1, -0.05) is 67.6 Å². The third kappa shape index (κ3) is 5.61. The topological polar surface area (TPSA) is 62.4 Å². The van der Waals surface area contributed by atoms with Gasteiger partial charge in [-0.3, -0.25) is 9.69 Å². The van der Waals surface area contributed by atoms with Gasteiger partial charge in [0, 0.05) is 41.8 Å². The Labute approximate surface area is 200 Å². The predicted molar refractivity (Wildman–Crippen MR) is 136 cm³/mol. The smallest absolute Gasteiger partial charge is 0.338 e. The number of esters is 1. The van der Waals surface area contributed by atoms with Crippen molar-refractivity contribution in [2.24, 2.45) is 0 Å². The number of carbonyl (C=O) groups is 1. The first-order valence-electron chi connectivity index (χ1n) is 11.7. The third-order valence-electron chi connectivity index (χ3n) is 5.87. The molecule has 0 amide bonds. The molecule has 0 aliphatic heterocycles. The molecular weight excluding hydrogens is 424 g/mol. The minimum absolute atomic E-state index is 0.0532. The van der Waals surface area contributed by atoms with E-state index in [4.69, 9.17) is 4.74 Å². The first kappa shape index (κ1) is 23.5. The van der Waals surface area contributed by atoms with E-state index >= 15 is 0 Å². The van der Waals surface area contributed by atoms with Crippen LogP contribution < -0.4 is 5.43 Å². The number of carbonyl (C=O) groups excluding carboxylic acids is 1. The summed E-state index contributed by atoms with van der Waals surface area (Å²) in [6.45, 7) is 6.17. The molecule has 1 heterocycles. The summed E-state index contributed by atoms with van der Waals surface area (Å²) < 4.78 is 5.26. The van der Waals surface area contributed by atoms with Gasteiger partial charge >= 0.3 is 5.97 Å². The van der Waals surface area contributed by atoms with Crippen molar-refractivity contribution in [2.45, 2.75) is 39.9 Å². The van der Waals surface area contributed by atoms with Gasteiger partial charge in [0.25, 0.3) is 0 Å². The third-order valence-corrected chi connectivity index (χ3v) is 5.87. The second-order valence-corrected chi connectivity index (χ2v) is 8.57. The van der Waals surface area contributed by atoms with Crippen LogP contribution >= 0.6 is 0 Å². The Morgan fingerprint density at radius 3 is 2.09 bits per heavy atom. The number of H-pyrrole nitrogens is 1. The number of hydrogen-bond donors (Lipinski definition) is 1. The van der Waals surface area contributed by atoms with E-state index in [1.54, 1.807) is 18.2 Å². The molecule has 0 saturated heterocycles. The van der Waals surface area contributed by atoms with Crippen LogP contribution in [0.4, 0.5) is 0 Å². The van der Waals surface area contributed by atoms with Crippen LogP contribution in [0.25, 0.3) is 10.9 Å². The summed E-state index contributed by atoms with van der Waals surface area (Å²) >= 11 is 0. The van der Waals surface area contributed by atoms with Crippen LogP contribution in [0.2, 0.25) is 0 Å². The van der Waals surface area contributed by atoms with Gasteiger partial charge in [0.05, 0.1) is 12.2 Å². The zero-order chi connectivity index (χ0) is 23.9. The van der Waals surface area contributed by atoms with Crippen molar-refractivity contribution in [3.05, 3.63) is 117 Å². The second kappa shape index (κ2) is 10.9. The van der Waals surface area contributed by atoms with Gasteiger partial charge < -0.3 is 9.72 Å². The molecule has 0 fully saturated rings. The molecule has 0 aliphatic carbocycles. The van der Waals surface area contributed by atoms with Crippen LogP contribution in [0, 0.1) is 6.92 Å². The maximum atomic E-state index is 13.6. The minimum atomic E-state index is -0.403. The van der Waals surface area contributed by atoms with Crippen molar-refractivity contribution < 1.29 is 9.53 Å². The Balaban J connectivity index is 1.68. The molecule has 0 radical (unpaired) electrons. The van der Waals surface area contributed by atoms with Gasteiger partial charge in [0.15, 0.2) is 5.43 Å². The number of nitrogens with one attached hydrogen (secondary N) is 1. The monoisotopic (exact) mass is 454 g/mol. The van der Waals surface area contributed by atoms with Gasteiger partial charge in [0.1, 0.15) is 0 Å². The maximum Gasteiger partial charge on any atom is 0.338 e. The highest BCUT2D eigenvalue weighted by atomic mass is 16.5. The summed E-state index contributed by atoms with van der Waals surface area (Å²) in [5, 5.41) is 0.505. The Kier molecular flexibility index (Phi) is 7.55. The maximum absolute atomic E-state index is 13.6. The molecule has 3 aromatic carbocycles. The molecule has 4 rings (SSSR count). The number of pyridine rings is 1. The fraction of sp³-hybridized carbons (Fsp3) is 0.241. The molecule has 4 aromatic rings. The van der Waals surface area contributed by atoms with Crippen molar-refractivity contribution >= 4 is 16.9 Å². The number of benzene rings is 3. The van der Waals surface area contributed by atoms with Crippen molar-refractivity contribution in [1.82, 2.24) is 9.88 Å². The van der Waals surface area contributed by atoms with Crippen molar-refractivity contribution in [3.8, 4) is 0 Å². The van der Waals surface area contributed by atoms with E-state index in [-0.39, 0.29) is 5.43 Å². The number of aromatic amines is 1. The lowest BCUT2D eigenvalue weighted by Gasteiger charge is -2.23.